The van der Waals surface area contributed by atoms with Gasteiger partial charge in [0.2, 0.25) is 5.91 Å². The Morgan fingerprint density at radius 3 is 2.38 bits per heavy atom. The first kappa shape index (κ1) is 21.4. The maximum Gasteiger partial charge on any atom is 0.264 e. The number of carbonyl (C=O) groups excluding carboxylic acids is 2. The fourth-order valence-electron chi connectivity index (χ4n) is 3.84. The summed E-state index contributed by atoms with van der Waals surface area (Å²) in [7, 11) is -0.737. The number of nitrogens with zero attached hydrogens (tertiary/aromatic N) is 2. The van der Waals surface area contributed by atoms with Crippen LogP contribution in [0.25, 0.3) is 0 Å². The summed E-state index contributed by atoms with van der Waals surface area (Å²) < 4.78 is 38.8. The van der Waals surface area contributed by atoms with Crippen LogP contribution >= 0.6 is 0 Å². The summed E-state index contributed by atoms with van der Waals surface area (Å²) in [6.45, 7) is 2.48. The first-order chi connectivity index (χ1) is 13.7. The number of amides is 2. The lowest BCUT2D eigenvalue weighted by Gasteiger charge is -2.26. The van der Waals surface area contributed by atoms with E-state index in [-0.39, 0.29) is 24.8 Å². The van der Waals surface area contributed by atoms with Crippen LogP contribution in [0.15, 0.2) is 12.1 Å². The van der Waals surface area contributed by atoms with Gasteiger partial charge in [-0.3, -0.25) is 13.8 Å². The Balaban J connectivity index is 2.08. The van der Waals surface area contributed by atoms with E-state index in [1.54, 1.807) is 17.0 Å². The van der Waals surface area contributed by atoms with Gasteiger partial charge in [0, 0.05) is 25.6 Å². The molecule has 2 atom stereocenters. The average molecular weight is 426 g/mol. The number of rotatable bonds is 7. The van der Waals surface area contributed by atoms with Gasteiger partial charge in [-0.15, -0.1) is 0 Å². The maximum atomic E-state index is 13.4. The van der Waals surface area contributed by atoms with Crippen LogP contribution in [0.5, 0.6) is 11.5 Å². The zero-order valence-electron chi connectivity index (χ0n) is 17.0. The zero-order chi connectivity index (χ0) is 21.3. The second-order valence-electron chi connectivity index (χ2n) is 7.20. The SMILES string of the molecule is CCCCN1C(=O)[C@@H]2C[C@@H](OS(C)(=O)=O)CN2C(=O)c2cc(OC)c(OC)cc21. The zero-order valence-corrected chi connectivity index (χ0v) is 17.8. The Morgan fingerprint density at radius 2 is 1.79 bits per heavy atom. The van der Waals surface area contributed by atoms with Crippen molar-refractivity contribution in [3.63, 3.8) is 0 Å². The highest BCUT2D eigenvalue weighted by Crippen LogP contribution is 2.40. The lowest BCUT2D eigenvalue weighted by molar-refractivity contribution is -0.122. The molecule has 2 heterocycles. The van der Waals surface area contributed by atoms with Crippen LogP contribution in [0.2, 0.25) is 0 Å². The van der Waals surface area contributed by atoms with Crippen LogP contribution in [-0.2, 0) is 19.1 Å². The summed E-state index contributed by atoms with van der Waals surface area (Å²) in [5.74, 6) is 0.188. The summed E-state index contributed by atoms with van der Waals surface area (Å²) in [4.78, 5) is 29.7. The molecular formula is C19H26N2O7S. The molecule has 0 unspecified atom stereocenters. The highest BCUT2D eigenvalue weighted by molar-refractivity contribution is 7.86. The third-order valence-electron chi connectivity index (χ3n) is 5.14. The molecule has 10 heteroatoms. The van der Waals surface area contributed by atoms with Gasteiger partial charge >= 0.3 is 0 Å². The molecule has 0 bridgehead atoms. The van der Waals surface area contributed by atoms with E-state index in [2.05, 4.69) is 0 Å². The molecule has 0 N–H and O–H groups in total. The topological polar surface area (TPSA) is 102 Å². The highest BCUT2D eigenvalue weighted by Gasteiger charge is 2.47. The molecule has 0 saturated carbocycles. The number of anilines is 1. The van der Waals surface area contributed by atoms with Gasteiger partial charge in [-0.2, -0.15) is 8.42 Å². The van der Waals surface area contributed by atoms with Crippen LogP contribution in [-0.4, -0.2) is 70.8 Å². The van der Waals surface area contributed by atoms with E-state index < -0.39 is 22.3 Å². The third kappa shape index (κ3) is 4.18. The number of methoxy groups -OCH3 is 2. The van der Waals surface area contributed by atoms with E-state index in [1.807, 2.05) is 6.92 Å². The van der Waals surface area contributed by atoms with E-state index in [9.17, 15) is 18.0 Å². The molecule has 0 aromatic heterocycles. The van der Waals surface area contributed by atoms with Crippen molar-refractivity contribution in [2.45, 2.75) is 38.3 Å². The molecule has 1 aromatic carbocycles. The number of benzene rings is 1. The number of hydrogen-bond donors (Lipinski definition) is 0. The van der Waals surface area contributed by atoms with Crippen LogP contribution in [0.4, 0.5) is 5.69 Å². The summed E-state index contributed by atoms with van der Waals surface area (Å²) in [6, 6.07) is 2.43. The van der Waals surface area contributed by atoms with Gasteiger partial charge in [0.1, 0.15) is 6.04 Å². The van der Waals surface area contributed by atoms with Crippen molar-refractivity contribution < 1.29 is 31.7 Å². The monoisotopic (exact) mass is 426 g/mol. The van der Waals surface area contributed by atoms with Crippen LogP contribution in [0, 0.1) is 0 Å². The van der Waals surface area contributed by atoms with Crippen molar-refractivity contribution in [1.29, 1.82) is 0 Å². The minimum Gasteiger partial charge on any atom is -0.493 e. The van der Waals surface area contributed by atoms with E-state index in [0.29, 0.717) is 29.3 Å². The Morgan fingerprint density at radius 1 is 1.14 bits per heavy atom. The molecule has 29 heavy (non-hydrogen) atoms. The number of fused-ring (bicyclic) bond motifs is 2. The minimum atomic E-state index is -3.70. The van der Waals surface area contributed by atoms with E-state index in [4.69, 9.17) is 13.7 Å². The van der Waals surface area contributed by atoms with Gasteiger partial charge in [-0.1, -0.05) is 13.3 Å². The van der Waals surface area contributed by atoms with Crippen molar-refractivity contribution in [1.82, 2.24) is 4.90 Å². The highest BCUT2D eigenvalue weighted by atomic mass is 32.2. The molecule has 160 valence electrons. The second-order valence-corrected chi connectivity index (χ2v) is 8.80. The first-order valence-corrected chi connectivity index (χ1v) is 11.3. The lowest BCUT2D eigenvalue weighted by atomic mass is 10.1. The maximum absolute atomic E-state index is 13.4. The largest absolute Gasteiger partial charge is 0.493 e. The molecule has 2 aliphatic rings. The van der Waals surface area contributed by atoms with Gasteiger partial charge in [0.15, 0.2) is 11.5 Å². The quantitative estimate of drug-likeness (QED) is 0.608. The molecule has 1 saturated heterocycles. The Kier molecular flexibility index (Phi) is 6.04. The van der Waals surface area contributed by atoms with Crippen molar-refractivity contribution in [3.8, 4) is 11.5 Å². The van der Waals surface area contributed by atoms with Gasteiger partial charge in [0.05, 0.1) is 37.8 Å². The predicted octanol–water partition coefficient (Wildman–Crippen LogP) is 1.41. The van der Waals surface area contributed by atoms with Crippen LogP contribution in [0.1, 0.15) is 36.5 Å². The summed E-state index contributed by atoms with van der Waals surface area (Å²) in [5.41, 5.74) is 0.788. The van der Waals surface area contributed by atoms with Crippen molar-refractivity contribution in [3.05, 3.63) is 17.7 Å². The van der Waals surface area contributed by atoms with Gasteiger partial charge in [0.25, 0.3) is 16.0 Å². The van der Waals surface area contributed by atoms with Crippen LogP contribution in [0.3, 0.4) is 0 Å². The second kappa shape index (κ2) is 8.19. The van der Waals surface area contributed by atoms with Crippen molar-refractivity contribution in [2.75, 3.05) is 38.5 Å². The average Bonchev–Trinajstić information content (AvgIpc) is 3.05. The summed E-state index contributed by atoms with van der Waals surface area (Å²) in [6.07, 6.45) is 1.96. The minimum absolute atomic E-state index is 0.0255. The van der Waals surface area contributed by atoms with Gasteiger partial charge in [-0.25, -0.2) is 0 Å². The van der Waals surface area contributed by atoms with E-state index in [1.165, 1.54) is 19.1 Å². The molecule has 1 aromatic rings. The van der Waals surface area contributed by atoms with Gasteiger partial charge < -0.3 is 19.3 Å². The van der Waals surface area contributed by atoms with Crippen molar-refractivity contribution in [2.24, 2.45) is 0 Å². The molecule has 0 radical (unpaired) electrons. The molecule has 3 rings (SSSR count). The standard InChI is InChI=1S/C19H26N2O7S/c1-5-6-7-20-14-10-17(27-3)16(26-2)9-13(14)18(22)21-11-12(28-29(4,24)25)8-15(21)19(20)23/h9-10,12,15H,5-8,11H2,1-4H3/t12-,15+/m1/s1. The third-order valence-corrected chi connectivity index (χ3v) is 5.77. The van der Waals surface area contributed by atoms with Crippen LogP contribution < -0.4 is 14.4 Å². The fourth-order valence-corrected chi connectivity index (χ4v) is 4.47. The number of hydrogen-bond acceptors (Lipinski definition) is 7. The first-order valence-electron chi connectivity index (χ1n) is 9.46. The molecule has 0 spiro atoms. The fraction of sp³-hybridized carbons (Fsp3) is 0.579. The number of unbranched alkanes of at least 4 members (excludes halogenated alkanes) is 1. The summed E-state index contributed by atoms with van der Waals surface area (Å²) >= 11 is 0. The molecule has 2 amide bonds. The smallest absolute Gasteiger partial charge is 0.264 e. The Hall–Kier alpha value is -2.33. The van der Waals surface area contributed by atoms with E-state index in [0.717, 1.165) is 19.1 Å². The predicted molar refractivity (Wildman–Crippen MR) is 106 cm³/mol. The number of ether oxygens (including phenoxy) is 2. The molecule has 9 nitrogen and oxygen atoms in total. The molecule has 1 fully saturated rings. The summed E-state index contributed by atoms with van der Waals surface area (Å²) in [5, 5.41) is 0. The lowest BCUT2D eigenvalue weighted by Crippen LogP contribution is -2.45. The molecule has 0 aliphatic carbocycles. The van der Waals surface area contributed by atoms with Crippen molar-refractivity contribution >= 4 is 27.6 Å². The number of carbonyl (C=O) groups is 2. The van der Waals surface area contributed by atoms with Gasteiger partial charge in [-0.05, 0) is 12.5 Å². The Bertz CT molecular complexity index is 915. The normalized spacial score (nSPS) is 21.7. The molecular weight excluding hydrogens is 400 g/mol. The Labute approximate surface area is 170 Å². The van der Waals surface area contributed by atoms with E-state index >= 15 is 0 Å². The molecule has 2 aliphatic heterocycles.